The van der Waals surface area contributed by atoms with Crippen molar-refractivity contribution < 1.29 is 4.79 Å². The molecule has 1 amide bonds. The maximum Gasteiger partial charge on any atom is 0.275 e. The van der Waals surface area contributed by atoms with Crippen LogP contribution in [-0.2, 0) is 6.54 Å². The Balaban J connectivity index is 1.96. The summed E-state index contributed by atoms with van der Waals surface area (Å²) in [5, 5.41) is 8.02. The van der Waals surface area contributed by atoms with Gasteiger partial charge in [0.2, 0.25) is 0 Å². The highest BCUT2D eigenvalue weighted by Gasteiger charge is 2.15. The van der Waals surface area contributed by atoms with Gasteiger partial charge in [-0.25, -0.2) is 4.98 Å². The van der Waals surface area contributed by atoms with E-state index >= 15 is 0 Å². The summed E-state index contributed by atoms with van der Waals surface area (Å²) in [5.74, 6) is 0.225. The van der Waals surface area contributed by atoms with Crippen molar-refractivity contribution in [3.8, 4) is 0 Å². The van der Waals surface area contributed by atoms with Crippen LogP contribution in [0, 0.1) is 6.92 Å². The molecule has 3 rings (SSSR count). The zero-order valence-electron chi connectivity index (χ0n) is 11.9. The lowest BCUT2D eigenvalue weighted by Crippen LogP contribution is -2.18. The van der Waals surface area contributed by atoms with Gasteiger partial charge in [-0.1, -0.05) is 6.07 Å². The number of carbonyl (C=O) groups is 1. The number of hydrogen-bond acceptors (Lipinski definition) is 4. The molecule has 6 nitrogen and oxygen atoms in total. The average molecular weight is 281 g/mol. The lowest BCUT2D eigenvalue weighted by molar-refractivity contribution is 0.101. The van der Waals surface area contributed by atoms with Crippen LogP contribution in [0.25, 0.3) is 10.9 Å². The van der Waals surface area contributed by atoms with Crippen molar-refractivity contribution in [2.75, 3.05) is 5.32 Å². The minimum atomic E-state index is -0.233. The predicted molar refractivity (Wildman–Crippen MR) is 80.1 cm³/mol. The molecule has 0 aromatic carbocycles. The highest BCUT2D eigenvalue weighted by Crippen LogP contribution is 2.18. The van der Waals surface area contributed by atoms with E-state index in [2.05, 4.69) is 20.4 Å². The van der Waals surface area contributed by atoms with E-state index in [4.69, 9.17) is 0 Å². The fraction of sp³-hybridized carbons (Fsp3) is 0.200. The molecular weight excluding hydrogens is 266 g/mol. The van der Waals surface area contributed by atoms with Crippen molar-refractivity contribution in [1.82, 2.24) is 19.7 Å². The van der Waals surface area contributed by atoms with Gasteiger partial charge in [0.1, 0.15) is 11.2 Å². The number of nitrogens with one attached hydrogen (secondary N) is 1. The highest BCUT2D eigenvalue weighted by molar-refractivity contribution is 6.06. The van der Waals surface area contributed by atoms with Crippen LogP contribution < -0.4 is 5.32 Å². The molecule has 0 bridgehead atoms. The molecule has 0 fully saturated rings. The van der Waals surface area contributed by atoms with Crippen LogP contribution in [0.1, 0.15) is 23.1 Å². The molecule has 0 saturated carbocycles. The van der Waals surface area contributed by atoms with Gasteiger partial charge in [-0.3, -0.25) is 14.5 Å². The summed E-state index contributed by atoms with van der Waals surface area (Å²) in [5.41, 5.74) is 2.00. The van der Waals surface area contributed by atoms with E-state index in [1.165, 1.54) is 0 Å². The SMILES string of the molecule is CCn1nc(C)cc1C(=O)Nc1nccc2cccnc12. The van der Waals surface area contributed by atoms with Crippen molar-refractivity contribution in [3.63, 3.8) is 0 Å². The Hall–Kier alpha value is -2.76. The summed E-state index contributed by atoms with van der Waals surface area (Å²) in [6.07, 6.45) is 3.34. The molecule has 0 unspecified atom stereocenters. The summed E-state index contributed by atoms with van der Waals surface area (Å²) in [6, 6.07) is 7.40. The number of rotatable bonds is 3. The van der Waals surface area contributed by atoms with E-state index in [-0.39, 0.29) is 5.91 Å². The van der Waals surface area contributed by atoms with Crippen LogP contribution in [0.3, 0.4) is 0 Å². The minimum absolute atomic E-state index is 0.233. The van der Waals surface area contributed by atoms with Gasteiger partial charge in [-0.15, -0.1) is 0 Å². The van der Waals surface area contributed by atoms with Crippen LogP contribution in [-0.4, -0.2) is 25.7 Å². The van der Waals surface area contributed by atoms with E-state index in [9.17, 15) is 4.79 Å². The van der Waals surface area contributed by atoms with Crippen LogP contribution >= 0.6 is 0 Å². The quantitative estimate of drug-likeness (QED) is 0.800. The van der Waals surface area contributed by atoms with E-state index in [0.717, 1.165) is 11.1 Å². The lowest BCUT2D eigenvalue weighted by Gasteiger charge is -2.07. The predicted octanol–water partition coefficient (Wildman–Crippen LogP) is 2.41. The Morgan fingerprint density at radius 3 is 2.95 bits per heavy atom. The lowest BCUT2D eigenvalue weighted by atomic mass is 10.2. The van der Waals surface area contributed by atoms with Crippen LogP contribution in [0.5, 0.6) is 0 Å². The van der Waals surface area contributed by atoms with E-state index < -0.39 is 0 Å². The molecule has 0 aliphatic carbocycles. The molecule has 106 valence electrons. The third-order valence-electron chi connectivity index (χ3n) is 3.19. The van der Waals surface area contributed by atoms with Gasteiger partial charge in [0.15, 0.2) is 5.82 Å². The van der Waals surface area contributed by atoms with E-state index in [1.54, 1.807) is 23.1 Å². The first kappa shape index (κ1) is 13.2. The number of hydrogen-bond donors (Lipinski definition) is 1. The third kappa shape index (κ3) is 2.47. The van der Waals surface area contributed by atoms with Gasteiger partial charge in [-0.05, 0) is 32.0 Å². The summed E-state index contributed by atoms with van der Waals surface area (Å²) in [6.45, 7) is 4.44. The monoisotopic (exact) mass is 281 g/mol. The summed E-state index contributed by atoms with van der Waals surface area (Å²) in [4.78, 5) is 20.9. The first-order chi connectivity index (χ1) is 10.2. The molecule has 3 aromatic heterocycles. The molecule has 3 aromatic rings. The third-order valence-corrected chi connectivity index (χ3v) is 3.19. The number of carbonyl (C=O) groups excluding carboxylic acids is 1. The molecule has 1 N–H and O–H groups in total. The molecule has 0 aliphatic rings. The number of aromatic nitrogens is 4. The Morgan fingerprint density at radius 2 is 2.14 bits per heavy atom. The summed E-state index contributed by atoms with van der Waals surface area (Å²) < 4.78 is 1.67. The fourth-order valence-corrected chi connectivity index (χ4v) is 2.24. The molecule has 0 aliphatic heterocycles. The second-order valence-electron chi connectivity index (χ2n) is 4.68. The smallest absolute Gasteiger partial charge is 0.275 e. The maximum atomic E-state index is 12.4. The zero-order valence-corrected chi connectivity index (χ0v) is 11.9. The van der Waals surface area contributed by atoms with Gasteiger partial charge in [0.05, 0.1) is 5.69 Å². The number of aryl methyl sites for hydroxylation is 2. The van der Waals surface area contributed by atoms with Crippen LogP contribution in [0.15, 0.2) is 36.7 Å². The molecule has 0 spiro atoms. The molecule has 3 heterocycles. The standard InChI is InChI=1S/C15H15N5O/c1-3-20-12(9-10(2)19-20)15(21)18-14-13-11(6-8-17-14)5-4-7-16-13/h4-9H,3H2,1-2H3,(H,17,18,21). The first-order valence-corrected chi connectivity index (χ1v) is 6.74. The number of nitrogens with zero attached hydrogens (tertiary/aromatic N) is 4. The number of pyridine rings is 2. The molecule has 0 atom stereocenters. The van der Waals surface area contributed by atoms with Gasteiger partial charge < -0.3 is 5.32 Å². The molecular formula is C15H15N5O. The van der Waals surface area contributed by atoms with Gasteiger partial charge >= 0.3 is 0 Å². The molecule has 0 radical (unpaired) electrons. The van der Waals surface area contributed by atoms with Gasteiger partial charge in [0.25, 0.3) is 5.91 Å². The summed E-state index contributed by atoms with van der Waals surface area (Å²) >= 11 is 0. The van der Waals surface area contributed by atoms with Crippen LogP contribution in [0.4, 0.5) is 5.82 Å². The molecule has 6 heteroatoms. The first-order valence-electron chi connectivity index (χ1n) is 6.74. The normalized spacial score (nSPS) is 10.8. The number of fused-ring (bicyclic) bond motifs is 1. The van der Waals surface area contributed by atoms with E-state index in [0.29, 0.717) is 23.6 Å². The Morgan fingerprint density at radius 1 is 1.29 bits per heavy atom. The maximum absolute atomic E-state index is 12.4. The second kappa shape index (κ2) is 5.32. The van der Waals surface area contributed by atoms with Crippen LogP contribution in [0.2, 0.25) is 0 Å². The Bertz CT molecular complexity index is 803. The fourth-order valence-electron chi connectivity index (χ4n) is 2.24. The topological polar surface area (TPSA) is 72.7 Å². The average Bonchev–Trinajstić information content (AvgIpc) is 2.89. The van der Waals surface area contributed by atoms with Gasteiger partial charge in [0, 0.05) is 24.3 Å². The van der Waals surface area contributed by atoms with Crippen molar-refractivity contribution in [1.29, 1.82) is 0 Å². The van der Waals surface area contributed by atoms with Crippen molar-refractivity contribution in [2.24, 2.45) is 0 Å². The molecule has 21 heavy (non-hydrogen) atoms. The summed E-state index contributed by atoms with van der Waals surface area (Å²) in [7, 11) is 0. The number of anilines is 1. The minimum Gasteiger partial charge on any atom is -0.303 e. The molecule has 0 saturated heterocycles. The van der Waals surface area contributed by atoms with Crippen molar-refractivity contribution in [3.05, 3.63) is 48.0 Å². The van der Waals surface area contributed by atoms with Gasteiger partial charge in [-0.2, -0.15) is 5.10 Å². The van der Waals surface area contributed by atoms with E-state index in [1.807, 2.05) is 32.0 Å². The number of amides is 1. The largest absolute Gasteiger partial charge is 0.303 e. The van der Waals surface area contributed by atoms with Crippen molar-refractivity contribution >= 4 is 22.6 Å². The zero-order chi connectivity index (χ0) is 14.8. The Labute approximate surface area is 121 Å². The second-order valence-corrected chi connectivity index (χ2v) is 4.68. The highest BCUT2D eigenvalue weighted by atomic mass is 16.2. The Kier molecular flexibility index (Phi) is 3.35. The van der Waals surface area contributed by atoms with Crippen molar-refractivity contribution in [2.45, 2.75) is 20.4 Å².